The van der Waals surface area contributed by atoms with E-state index in [0.717, 1.165) is 12.8 Å². The Labute approximate surface area is 127 Å². The van der Waals surface area contributed by atoms with Gasteiger partial charge in [-0.1, -0.05) is 43.7 Å². The van der Waals surface area contributed by atoms with Crippen molar-refractivity contribution in [2.75, 3.05) is 19.7 Å². The number of hydrogen-bond donors (Lipinski definition) is 1. The lowest BCUT2D eigenvalue weighted by Crippen LogP contribution is -2.39. The van der Waals surface area contributed by atoms with Gasteiger partial charge in [0.15, 0.2) is 0 Å². The largest absolute Gasteiger partial charge is 0.369 e. The summed E-state index contributed by atoms with van der Waals surface area (Å²) in [7, 11) is 0. The molecule has 1 aromatic rings. The lowest BCUT2D eigenvalue weighted by atomic mass is 9.95. The highest BCUT2D eigenvalue weighted by Gasteiger charge is 2.35. The molecule has 0 saturated carbocycles. The number of nitrogens with two attached hydrogens (primary N) is 1. The van der Waals surface area contributed by atoms with Crippen LogP contribution >= 0.6 is 0 Å². The zero-order valence-electron chi connectivity index (χ0n) is 13.0. The summed E-state index contributed by atoms with van der Waals surface area (Å²) in [5.74, 6) is 0.276. The topological polar surface area (TPSA) is 55.6 Å². The van der Waals surface area contributed by atoms with E-state index in [1.54, 1.807) is 0 Å². The number of likely N-dealkylation sites (tertiary alicyclic amines) is 1. The second-order valence-electron chi connectivity index (χ2n) is 5.79. The maximum Gasteiger partial charge on any atom is 0.251 e. The first-order valence-electron chi connectivity index (χ1n) is 7.84. The molecule has 2 rings (SSSR count). The van der Waals surface area contributed by atoms with E-state index in [0.29, 0.717) is 19.7 Å². The third kappa shape index (κ3) is 4.05. The lowest BCUT2D eigenvalue weighted by Gasteiger charge is -2.21. The van der Waals surface area contributed by atoms with Crippen LogP contribution in [0.1, 0.15) is 38.2 Å². The van der Waals surface area contributed by atoms with E-state index in [1.807, 2.05) is 30.0 Å². The van der Waals surface area contributed by atoms with Crippen LogP contribution in [-0.4, -0.2) is 42.6 Å². The fourth-order valence-corrected chi connectivity index (χ4v) is 2.79. The smallest absolute Gasteiger partial charge is 0.251 e. The van der Waals surface area contributed by atoms with Crippen molar-refractivity contribution in [1.82, 2.24) is 4.90 Å². The predicted molar refractivity (Wildman–Crippen MR) is 84.1 cm³/mol. The maximum absolute atomic E-state index is 12.4. The van der Waals surface area contributed by atoms with Crippen molar-refractivity contribution in [3.8, 4) is 0 Å². The molecule has 1 amide bonds. The number of carbonyl (C=O) groups is 1. The number of benzene rings is 1. The van der Waals surface area contributed by atoms with Crippen LogP contribution in [0.4, 0.5) is 0 Å². The van der Waals surface area contributed by atoms with E-state index in [-0.39, 0.29) is 24.0 Å². The number of nitrogens with zero attached hydrogens (tertiary/aromatic N) is 1. The van der Waals surface area contributed by atoms with Crippen LogP contribution in [0.2, 0.25) is 0 Å². The molecule has 116 valence electrons. The van der Waals surface area contributed by atoms with Gasteiger partial charge in [-0.05, 0) is 18.9 Å². The summed E-state index contributed by atoms with van der Waals surface area (Å²) in [6.07, 6.45) is 1.69. The van der Waals surface area contributed by atoms with Crippen molar-refractivity contribution in [3.05, 3.63) is 35.9 Å². The van der Waals surface area contributed by atoms with E-state index in [9.17, 15) is 4.79 Å². The minimum absolute atomic E-state index is 0.000748. The standard InChI is InChI=1S/C17H26N2O2/c1-3-4-10-21-13(2)17(20)19-11-15(16(18)12-19)14-8-6-5-7-9-14/h5-9,13,15-16H,3-4,10-12,18H2,1-2H3/t13?,15-,16+/m0/s1. The molecule has 1 aromatic carbocycles. The van der Waals surface area contributed by atoms with Gasteiger partial charge in [0, 0.05) is 31.7 Å². The molecule has 4 nitrogen and oxygen atoms in total. The summed E-state index contributed by atoms with van der Waals surface area (Å²) < 4.78 is 5.60. The Kier molecular flexibility index (Phi) is 5.76. The van der Waals surface area contributed by atoms with Crippen LogP contribution in [0.5, 0.6) is 0 Å². The average molecular weight is 290 g/mol. The molecule has 0 aliphatic carbocycles. The number of ether oxygens (including phenoxy) is 1. The van der Waals surface area contributed by atoms with Crippen molar-refractivity contribution >= 4 is 5.91 Å². The first-order chi connectivity index (χ1) is 10.1. The van der Waals surface area contributed by atoms with Gasteiger partial charge in [-0.25, -0.2) is 0 Å². The Hall–Kier alpha value is -1.39. The highest BCUT2D eigenvalue weighted by molar-refractivity contribution is 5.81. The number of unbranched alkanes of at least 4 members (excludes halogenated alkanes) is 1. The van der Waals surface area contributed by atoms with Crippen LogP contribution < -0.4 is 5.73 Å². The van der Waals surface area contributed by atoms with Crippen molar-refractivity contribution in [2.45, 2.75) is 44.8 Å². The molecule has 0 radical (unpaired) electrons. The van der Waals surface area contributed by atoms with Gasteiger partial charge in [0.2, 0.25) is 0 Å². The summed E-state index contributed by atoms with van der Waals surface area (Å²) in [5, 5.41) is 0. The molecule has 1 unspecified atom stereocenters. The van der Waals surface area contributed by atoms with Gasteiger partial charge in [0.1, 0.15) is 6.10 Å². The monoisotopic (exact) mass is 290 g/mol. The fourth-order valence-electron chi connectivity index (χ4n) is 2.79. The molecule has 0 aromatic heterocycles. The van der Waals surface area contributed by atoms with E-state index in [4.69, 9.17) is 10.5 Å². The zero-order chi connectivity index (χ0) is 15.2. The van der Waals surface area contributed by atoms with Gasteiger partial charge < -0.3 is 15.4 Å². The third-order valence-corrected chi connectivity index (χ3v) is 4.12. The van der Waals surface area contributed by atoms with Crippen LogP contribution in [-0.2, 0) is 9.53 Å². The molecule has 0 spiro atoms. The molecule has 1 aliphatic rings. The normalized spacial score (nSPS) is 23.3. The Morgan fingerprint density at radius 3 is 2.76 bits per heavy atom. The second kappa shape index (κ2) is 7.57. The van der Waals surface area contributed by atoms with Gasteiger partial charge in [-0.3, -0.25) is 4.79 Å². The van der Waals surface area contributed by atoms with Gasteiger partial charge in [-0.15, -0.1) is 0 Å². The van der Waals surface area contributed by atoms with Crippen LogP contribution in [0, 0.1) is 0 Å². The summed E-state index contributed by atoms with van der Waals surface area (Å²) >= 11 is 0. The van der Waals surface area contributed by atoms with Gasteiger partial charge in [0.25, 0.3) is 5.91 Å². The Morgan fingerprint density at radius 1 is 1.38 bits per heavy atom. The molecule has 0 bridgehead atoms. The van der Waals surface area contributed by atoms with Gasteiger partial charge >= 0.3 is 0 Å². The highest BCUT2D eigenvalue weighted by atomic mass is 16.5. The SMILES string of the molecule is CCCCOC(C)C(=O)N1C[C@@H](N)[C@H](c2ccccc2)C1. The molecule has 21 heavy (non-hydrogen) atoms. The Bertz CT molecular complexity index is 449. The number of amides is 1. The van der Waals surface area contributed by atoms with Crippen LogP contribution in [0.25, 0.3) is 0 Å². The summed E-state index contributed by atoms with van der Waals surface area (Å²) in [5.41, 5.74) is 7.43. The minimum Gasteiger partial charge on any atom is -0.369 e. The quantitative estimate of drug-likeness (QED) is 0.817. The molecule has 1 saturated heterocycles. The molecular weight excluding hydrogens is 264 g/mol. The second-order valence-corrected chi connectivity index (χ2v) is 5.79. The maximum atomic E-state index is 12.4. The molecule has 2 N–H and O–H groups in total. The molecule has 3 atom stereocenters. The van der Waals surface area contributed by atoms with Crippen LogP contribution in [0.15, 0.2) is 30.3 Å². The highest BCUT2D eigenvalue weighted by Crippen LogP contribution is 2.26. The number of hydrogen-bond acceptors (Lipinski definition) is 3. The molecule has 1 heterocycles. The Balaban J connectivity index is 1.92. The minimum atomic E-state index is -0.377. The summed E-state index contributed by atoms with van der Waals surface area (Å²) in [4.78, 5) is 14.3. The van der Waals surface area contributed by atoms with E-state index in [2.05, 4.69) is 19.1 Å². The van der Waals surface area contributed by atoms with E-state index < -0.39 is 0 Å². The van der Waals surface area contributed by atoms with Crippen molar-refractivity contribution in [2.24, 2.45) is 5.73 Å². The third-order valence-electron chi connectivity index (χ3n) is 4.12. The fraction of sp³-hybridized carbons (Fsp3) is 0.588. The van der Waals surface area contributed by atoms with E-state index in [1.165, 1.54) is 5.56 Å². The van der Waals surface area contributed by atoms with Gasteiger partial charge in [-0.2, -0.15) is 0 Å². The van der Waals surface area contributed by atoms with Gasteiger partial charge in [0.05, 0.1) is 0 Å². The van der Waals surface area contributed by atoms with E-state index >= 15 is 0 Å². The molecule has 1 aliphatic heterocycles. The summed E-state index contributed by atoms with van der Waals surface area (Å²) in [6.45, 7) is 5.88. The first-order valence-corrected chi connectivity index (χ1v) is 7.84. The zero-order valence-corrected chi connectivity index (χ0v) is 13.0. The van der Waals surface area contributed by atoms with Crippen molar-refractivity contribution < 1.29 is 9.53 Å². The lowest BCUT2D eigenvalue weighted by molar-refractivity contribution is -0.141. The molecule has 1 fully saturated rings. The number of carbonyl (C=O) groups excluding carboxylic acids is 1. The Morgan fingerprint density at radius 2 is 2.10 bits per heavy atom. The molecule has 4 heteroatoms. The number of rotatable bonds is 6. The predicted octanol–water partition coefficient (Wildman–Crippen LogP) is 2.14. The van der Waals surface area contributed by atoms with Crippen molar-refractivity contribution in [3.63, 3.8) is 0 Å². The first kappa shape index (κ1) is 16.0. The van der Waals surface area contributed by atoms with Crippen molar-refractivity contribution in [1.29, 1.82) is 0 Å². The molecular formula is C17H26N2O2. The average Bonchev–Trinajstić information content (AvgIpc) is 2.89. The van der Waals surface area contributed by atoms with Crippen LogP contribution in [0.3, 0.4) is 0 Å². The summed E-state index contributed by atoms with van der Waals surface area (Å²) in [6, 6.07) is 10.2.